The van der Waals surface area contributed by atoms with Crippen molar-refractivity contribution in [2.75, 3.05) is 5.32 Å². The molecule has 222 valence electrons. The molecule has 0 radical (unpaired) electrons. The Labute approximate surface area is 265 Å². The largest absolute Gasteiger partial charge is 0.344 e. The zero-order valence-electron chi connectivity index (χ0n) is 25.1. The Morgan fingerprint density at radius 1 is 0.844 bits per heavy atom. The number of carbonyl (C=O) groups is 2. The van der Waals surface area contributed by atoms with Crippen LogP contribution < -0.4 is 10.6 Å². The molecule has 2 aromatic heterocycles. The highest BCUT2D eigenvalue weighted by Crippen LogP contribution is 2.30. The normalized spacial score (nSPS) is 12.0. The lowest BCUT2D eigenvalue weighted by Gasteiger charge is -2.20. The second kappa shape index (κ2) is 12.0. The third-order valence-electron chi connectivity index (χ3n) is 8.05. The number of aryl methyl sites for hydroxylation is 2. The fourth-order valence-corrected chi connectivity index (χ4v) is 7.05. The van der Waals surface area contributed by atoms with Crippen LogP contribution >= 0.6 is 11.3 Å². The number of amides is 2. The van der Waals surface area contributed by atoms with Crippen molar-refractivity contribution >= 4 is 54.8 Å². The Kier molecular flexibility index (Phi) is 7.61. The van der Waals surface area contributed by atoms with Gasteiger partial charge in [0, 0.05) is 23.9 Å². The van der Waals surface area contributed by atoms with Gasteiger partial charge in [0.05, 0.1) is 22.3 Å². The van der Waals surface area contributed by atoms with E-state index >= 15 is 0 Å². The van der Waals surface area contributed by atoms with Gasteiger partial charge in [-0.25, -0.2) is 4.98 Å². The highest BCUT2D eigenvalue weighted by Gasteiger charge is 2.23. The van der Waals surface area contributed by atoms with Crippen LogP contribution in [0.25, 0.3) is 37.2 Å². The van der Waals surface area contributed by atoms with Crippen LogP contribution in [0, 0.1) is 13.8 Å². The first kappa shape index (κ1) is 28.5. The van der Waals surface area contributed by atoms with Crippen molar-refractivity contribution in [2.45, 2.75) is 32.7 Å². The number of carbonyl (C=O) groups excluding carboxylic acids is 2. The van der Waals surface area contributed by atoms with Gasteiger partial charge < -0.3 is 10.6 Å². The summed E-state index contributed by atoms with van der Waals surface area (Å²) in [6, 6.07) is 35.5. The molecular formula is C38H32N4O2S. The first-order chi connectivity index (χ1) is 21.9. The predicted octanol–water partition coefficient (Wildman–Crippen LogP) is 7.89. The summed E-state index contributed by atoms with van der Waals surface area (Å²) in [6.45, 7) is 4.04. The standard InChI is InChI=1S/C38H32N4O2S/c1-24-18-25(2)20-26(19-24)21-36(43)40-32(22-29-10-7-9-27-8-3-4-11-31(27)29)37(44)39-30-16-14-28(15-17-30)33-23-42-34-12-5-6-13-35(34)45-38(42)41-33/h3-20,23,32H,21-22H2,1-2H3,(H,39,44)(H,40,43). The quantitative estimate of drug-likeness (QED) is 0.184. The number of hydrogen-bond donors (Lipinski definition) is 2. The molecule has 0 spiro atoms. The summed E-state index contributed by atoms with van der Waals surface area (Å²) >= 11 is 1.66. The number of thiazole rings is 1. The summed E-state index contributed by atoms with van der Waals surface area (Å²) in [5.41, 5.74) is 7.77. The summed E-state index contributed by atoms with van der Waals surface area (Å²) in [5.74, 6) is -0.457. The Hall–Kier alpha value is -5.27. The summed E-state index contributed by atoms with van der Waals surface area (Å²) < 4.78 is 3.31. The smallest absolute Gasteiger partial charge is 0.247 e. The molecule has 0 bridgehead atoms. The minimum Gasteiger partial charge on any atom is -0.344 e. The number of aromatic nitrogens is 2. The fourth-order valence-electron chi connectivity index (χ4n) is 6.04. The number of nitrogens with one attached hydrogen (secondary N) is 2. The third kappa shape index (κ3) is 6.08. The van der Waals surface area contributed by atoms with Crippen molar-refractivity contribution in [2.24, 2.45) is 0 Å². The van der Waals surface area contributed by atoms with E-state index < -0.39 is 6.04 Å². The molecule has 0 fully saturated rings. The summed E-state index contributed by atoms with van der Waals surface area (Å²) in [7, 11) is 0. The maximum atomic E-state index is 13.8. The third-order valence-corrected chi connectivity index (χ3v) is 9.09. The van der Waals surface area contributed by atoms with Gasteiger partial charge in [0.1, 0.15) is 6.04 Å². The van der Waals surface area contributed by atoms with E-state index in [1.54, 1.807) is 11.3 Å². The van der Waals surface area contributed by atoms with Gasteiger partial charge in [-0.05, 0) is 60.0 Å². The van der Waals surface area contributed by atoms with Crippen molar-refractivity contribution in [1.82, 2.24) is 14.7 Å². The van der Waals surface area contributed by atoms with Crippen molar-refractivity contribution in [3.63, 3.8) is 0 Å². The minimum atomic E-state index is -0.762. The molecule has 5 aromatic carbocycles. The zero-order chi connectivity index (χ0) is 30.9. The predicted molar refractivity (Wildman–Crippen MR) is 184 cm³/mol. The van der Waals surface area contributed by atoms with E-state index in [1.807, 2.05) is 92.8 Å². The molecule has 0 saturated heterocycles. The molecule has 0 aliphatic heterocycles. The molecule has 2 heterocycles. The van der Waals surface area contributed by atoms with Gasteiger partial charge in [-0.2, -0.15) is 0 Å². The maximum Gasteiger partial charge on any atom is 0.247 e. The van der Waals surface area contributed by atoms with E-state index in [9.17, 15) is 9.59 Å². The van der Waals surface area contributed by atoms with Crippen molar-refractivity contribution in [3.8, 4) is 11.3 Å². The van der Waals surface area contributed by atoms with Crippen LogP contribution in [0.15, 0.2) is 115 Å². The number of benzene rings is 5. The van der Waals surface area contributed by atoms with Gasteiger partial charge >= 0.3 is 0 Å². The van der Waals surface area contributed by atoms with E-state index in [-0.39, 0.29) is 18.2 Å². The molecule has 6 nitrogen and oxygen atoms in total. The van der Waals surface area contributed by atoms with E-state index in [0.29, 0.717) is 12.1 Å². The van der Waals surface area contributed by atoms with E-state index in [1.165, 1.54) is 4.70 Å². The lowest BCUT2D eigenvalue weighted by atomic mass is 9.98. The molecule has 2 N–H and O–H groups in total. The van der Waals surface area contributed by atoms with E-state index in [4.69, 9.17) is 4.98 Å². The molecule has 7 rings (SSSR count). The van der Waals surface area contributed by atoms with E-state index in [0.717, 1.165) is 54.8 Å². The number of hydrogen-bond acceptors (Lipinski definition) is 4. The van der Waals surface area contributed by atoms with Crippen LogP contribution in [-0.4, -0.2) is 27.2 Å². The Morgan fingerprint density at radius 3 is 2.40 bits per heavy atom. The highest BCUT2D eigenvalue weighted by molar-refractivity contribution is 7.23. The van der Waals surface area contributed by atoms with Crippen LogP contribution in [0.2, 0.25) is 0 Å². The average Bonchev–Trinajstić information content (AvgIpc) is 3.59. The molecule has 45 heavy (non-hydrogen) atoms. The average molecular weight is 609 g/mol. The number of imidazole rings is 1. The molecular weight excluding hydrogens is 577 g/mol. The SMILES string of the molecule is Cc1cc(C)cc(CC(=O)NC(Cc2cccc3ccccc23)C(=O)Nc2ccc(-c3cn4c(n3)sc3ccccc34)cc2)c1. The van der Waals surface area contributed by atoms with Gasteiger partial charge in [-0.3, -0.25) is 14.0 Å². The number of nitrogens with zero attached hydrogens (tertiary/aromatic N) is 2. The second-order valence-electron chi connectivity index (χ2n) is 11.6. The molecule has 7 heteroatoms. The van der Waals surface area contributed by atoms with Gasteiger partial charge in [0.2, 0.25) is 11.8 Å². The maximum absolute atomic E-state index is 13.8. The Bertz CT molecular complexity index is 2170. The van der Waals surface area contributed by atoms with Gasteiger partial charge in [0.25, 0.3) is 0 Å². The number of anilines is 1. The van der Waals surface area contributed by atoms with Crippen LogP contribution in [0.4, 0.5) is 5.69 Å². The van der Waals surface area contributed by atoms with Gasteiger partial charge in [-0.15, -0.1) is 0 Å². The first-order valence-electron chi connectivity index (χ1n) is 15.0. The number of para-hydroxylation sites is 1. The molecule has 1 atom stereocenters. The number of rotatable bonds is 8. The molecule has 0 aliphatic carbocycles. The first-order valence-corrected chi connectivity index (χ1v) is 15.8. The lowest BCUT2D eigenvalue weighted by molar-refractivity contribution is -0.126. The van der Waals surface area contributed by atoms with Crippen molar-refractivity contribution in [1.29, 1.82) is 0 Å². The van der Waals surface area contributed by atoms with Crippen LogP contribution in [-0.2, 0) is 22.4 Å². The monoisotopic (exact) mass is 608 g/mol. The van der Waals surface area contributed by atoms with Crippen LogP contribution in [0.3, 0.4) is 0 Å². The van der Waals surface area contributed by atoms with Crippen LogP contribution in [0.1, 0.15) is 22.3 Å². The topological polar surface area (TPSA) is 75.5 Å². The minimum absolute atomic E-state index is 0.192. The van der Waals surface area contributed by atoms with Crippen LogP contribution in [0.5, 0.6) is 0 Å². The Morgan fingerprint density at radius 2 is 1.58 bits per heavy atom. The number of fused-ring (bicyclic) bond motifs is 4. The van der Waals surface area contributed by atoms with Gasteiger partial charge in [0.15, 0.2) is 4.96 Å². The molecule has 2 amide bonds. The molecule has 0 saturated carbocycles. The molecule has 0 aliphatic rings. The second-order valence-corrected chi connectivity index (χ2v) is 12.6. The highest BCUT2D eigenvalue weighted by atomic mass is 32.1. The van der Waals surface area contributed by atoms with E-state index in [2.05, 4.69) is 51.4 Å². The fraction of sp³-hybridized carbons (Fsp3) is 0.132. The van der Waals surface area contributed by atoms with Gasteiger partial charge in [-0.1, -0.05) is 107 Å². The Balaban J connectivity index is 1.12. The lowest BCUT2D eigenvalue weighted by Crippen LogP contribution is -2.45. The molecule has 1 unspecified atom stereocenters. The van der Waals surface area contributed by atoms with Crippen molar-refractivity contribution in [3.05, 3.63) is 138 Å². The summed E-state index contributed by atoms with van der Waals surface area (Å²) in [5, 5.41) is 8.25. The van der Waals surface area contributed by atoms with Crippen molar-refractivity contribution < 1.29 is 9.59 Å². The summed E-state index contributed by atoms with van der Waals surface area (Å²) in [6.07, 6.45) is 2.62. The zero-order valence-corrected chi connectivity index (χ0v) is 25.9. The molecule has 7 aromatic rings. The summed E-state index contributed by atoms with van der Waals surface area (Å²) in [4.78, 5) is 32.8.